The molecule has 146 valence electrons. The number of benzene rings is 1. The zero-order valence-electron chi connectivity index (χ0n) is 15.2. The normalized spacial score (nSPS) is 26.0. The lowest BCUT2D eigenvalue weighted by atomic mass is 10.00. The number of morpholine rings is 1. The van der Waals surface area contributed by atoms with Crippen molar-refractivity contribution >= 4 is 5.96 Å². The molecule has 4 rings (SSSR count). The Balaban J connectivity index is 1.68. The Morgan fingerprint density at radius 2 is 1.81 bits per heavy atom. The summed E-state index contributed by atoms with van der Waals surface area (Å²) in [4.78, 5) is 9.87. The van der Waals surface area contributed by atoms with Crippen molar-refractivity contribution in [2.75, 3.05) is 39.4 Å². The van der Waals surface area contributed by atoms with Gasteiger partial charge >= 0.3 is 6.18 Å². The lowest BCUT2D eigenvalue weighted by molar-refractivity contribution is -0.209. The van der Waals surface area contributed by atoms with E-state index in [9.17, 15) is 13.2 Å². The van der Waals surface area contributed by atoms with Gasteiger partial charge in [-0.05, 0) is 18.6 Å². The van der Waals surface area contributed by atoms with Crippen LogP contribution in [0.25, 0.3) is 0 Å². The van der Waals surface area contributed by atoms with Crippen molar-refractivity contribution in [1.29, 1.82) is 0 Å². The maximum Gasteiger partial charge on any atom is 0.413 e. The van der Waals surface area contributed by atoms with Gasteiger partial charge in [0.05, 0.1) is 19.8 Å². The fourth-order valence-corrected chi connectivity index (χ4v) is 3.78. The first-order chi connectivity index (χ1) is 12.9. The van der Waals surface area contributed by atoms with E-state index in [1.165, 1.54) is 11.8 Å². The van der Waals surface area contributed by atoms with Crippen molar-refractivity contribution in [3.63, 3.8) is 0 Å². The highest BCUT2D eigenvalue weighted by molar-refractivity contribution is 5.85. The summed E-state index contributed by atoms with van der Waals surface area (Å²) in [5, 5.41) is 0. The van der Waals surface area contributed by atoms with Gasteiger partial charge in [-0.1, -0.05) is 30.3 Å². The van der Waals surface area contributed by atoms with Gasteiger partial charge in [-0.15, -0.1) is 0 Å². The minimum atomic E-state index is -4.36. The third-order valence-corrected chi connectivity index (χ3v) is 5.46. The van der Waals surface area contributed by atoms with Crippen LogP contribution < -0.4 is 0 Å². The van der Waals surface area contributed by atoms with Crippen LogP contribution in [0.1, 0.15) is 12.5 Å². The molecule has 0 spiro atoms. The molecule has 8 heteroatoms. The van der Waals surface area contributed by atoms with E-state index in [0.717, 1.165) is 11.4 Å². The molecule has 2 saturated heterocycles. The fraction of sp³-hybridized carbons (Fsp3) is 0.526. The average molecular weight is 380 g/mol. The van der Waals surface area contributed by atoms with E-state index in [1.54, 1.807) is 4.90 Å². The van der Waals surface area contributed by atoms with E-state index in [-0.39, 0.29) is 13.1 Å². The van der Waals surface area contributed by atoms with Crippen molar-refractivity contribution < 1.29 is 17.9 Å². The molecule has 1 aromatic rings. The summed E-state index contributed by atoms with van der Waals surface area (Å²) in [6.07, 6.45) is -2.45. The third kappa shape index (κ3) is 3.26. The second-order valence-corrected chi connectivity index (χ2v) is 7.30. The van der Waals surface area contributed by atoms with Crippen LogP contribution in [0, 0.1) is 0 Å². The van der Waals surface area contributed by atoms with Gasteiger partial charge in [-0.3, -0.25) is 0 Å². The molecule has 3 heterocycles. The van der Waals surface area contributed by atoms with E-state index in [0.29, 0.717) is 38.8 Å². The molecule has 3 aliphatic heterocycles. The van der Waals surface area contributed by atoms with Crippen LogP contribution in [0.5, 0.6) is 0 Å². The molecule has 0 amide bonds. The highest BCUT2D eigenvalue weighted by Gasteiger charge is 2.61. The summed E-state index contributed by atoms with van der Waals surface area (Å²) < 4.78 is 47.4. The van der Waals surface area contributed by atoms with Crippen LogP contribution in [0.15, 0.2) is 47.2 Å². The van der Waals surface area contributed by atoms with Crippen LogP contribution in [0.2, 0.25) is 0 Å². The van der Waals surface area contributed by atoms with E-state index < -0.39 is 11.7 Å². The van der Waals surface area contributed by atoms with Gasteiger partial charge in [-0.25, -0.2) is 0 Å². The molecule has 1 atom stereocenters. The fourth-order valence-electron chi connectivity index (χ4n) is 3.78. The van der Waals surface area contributed by atoms with Crippen LogP contribution in [0.3, 0.4) is 0 Å². The van der Waals surface area contributed by atoms with Gasteiger partial charge in [-0.2, -0.15) is 18.2 Å². The van der Waals surface area contributed by atoms with Gasteiger partial charge in [0, 0.05) is 26.2 Å². The summed E-state index contributed by atoms with van der Waals surface area (Å²) in [6, 6.07) is 9.24. The zero-order chi connectivity index (χ0) is 19.1. The number of aliphatic imine (C=N–C) groups is 1. The molecular weight excluding hydrogens is 357 g/mol. The van der Waals surface area contributed by atoms with Crippen LogP contribution in [-0.2, 0) is 11.3 Å². The summed E-state index contributed by atoms with van der Waals surface area (Å²) >= 11 is 0. The topological polar surface area (TPSA) is 31.3 Å². The Hall–Kier alpha value is -2.22. The molecule has 2 fully saturated rings. The SMILES string of the molecule is C[C@@]1(C(F)(F)F)CN2CC=C(N3CCOCC3)N=C2N1Cc1ccccc1. The maximum atomic E-state index is 14.0. The van der Waals surface area contributed by atoms with Crippen LogP contribution in [0.4, 0.5) is 13.2 Å². The molecule has 3 aliphatic rings. The van der Waals surface area contributed by atoms with Gasteiger partial charge in [0.25, 0.3) is 0 Å². The Kier molecular flexibility index (Phi) is 4.53. The van der Waals surface area contributed by atoms with Gasteiger partial charge < -0.3 is 19.4 Å². The molecule has 0 aromatic heterocycles. The number of rotatable bonds is 3. The number of hydrogen-bond acceptors (Lipinski definition) is 5. The third-order valence-electron chi connectivity index (χ3n) is 5.46. The molecule has 1 aromatic carbocycles. The molecule has 0 saturated carbocycles. The quantitative estimate of drug-likeness (QED) is 0.807. The molecule has 0 N–H and O–H groups in total. The van der Waals surface area contributed by atoms with E-state index in [4.69, 9.17) is 4.74 Å². The first-order valence-electron chi connectivity index (χ1n) is 9.13. The van der Waals surface area contributed by atoms with E-state index in [1.807, 2.05) is 36.4 Å². The molecule has 27 heavy (non-hydrogen) atoms. The number of guanidine groups is 1. The smallest absolute Gasteiger partial charge is 0.378 e. The Labute approximate surface area is 156 Å². The lowest BCUT2D eigenvalue weighted by Crippen LogP contribution is -2.55. The minimum Gasteiger partial charge on any atom is -0.378 e. The average Bonchev–Trinajstić information content (AvgIpc) is 2.95. The monoisotopic (exact) mass is 380 g/mol. The minimum absolute atomic E-state index is 0.116. The largest absolute Gasteiger partial charge is 0.413 e. The van der Waals surface area contributed by atoms with Crippen molar-refractivity contribution in [3.05, 3.63) is 47.8 Å². The molecule has 0 aliphatic carbocycles. The Morgan fingerprint density at radius 3 is 2.48 bits per heavy atom. The van der Waals surface area contributed by atoms with Crippen molar-refractivity contribution in [1.82, 2.24) is 14.7 Å². The van der Waals surface area contributed by atoms with Gasteiger partial charge in [0.1, 0.15) is 5.82 Å². The molecule has 0 unspecified atom stereocenters. The lowest BCUT2D eigenvalue weighted by Gasteiger charge is -2.37. The molecule has 0 bridgehead atoms. The molecule has 5 nitrogen and oxygen atoms in total. The summed E-state index contributed by atoms with van der Waals surface area (Å²) in [7, 11) is 0. The highest BCUT2D eigenvalue weighted by Crippen LogP contribution is 2.42. The van der Waals surface area contributed by atoms with Crippen molar-refractivity contribution in [3.8, 4) is 0 Å². The van der Waals surface area contributed by atoms with E-state index in [2.05, 4.69) is 9.89 Å². The number of hydrogen-bond donors (Lipinski definition) is 0. The highest BCUT2D eigenvalue weighted by atomic mass is 19.4. The summed E-state index contributed by atoms with van der Waals surface area (Å²) in [6.45, 7) is 4.39. The van der Waals surface area contributed by atoms with Gasteiger partial charge in [0.2, 0.25) is 5.96 Å². The Morgan fingerprint density at radius 1 is 1.11 bits per heavy atom. The first-order valence-corrected chi connectivity index (χ1v) is 9.13. The summed E-state index contributed by atoms with van der Waals surface area (Å²) in [5.74, 6) is 1.15. The molecule has 0 radical (unpaired) electrons. The number of alkyl halides is 3. The van der Waals surface area contributed by atoms with Crippen LogP contribution in [-0.4, -0.2) is 71.8 Å². The second kappa shape index (κ2) is 6.74. The van der Waals surface area contributed by atoms with Crippen LogP contribution >= 0.6 is 0 Å². The Bertz CT molecular complexity index is 743. The van der Waals surface area contributed by atoms with Crippen molar-refractivity contribution in [2.45, 2.75) is 25.2 Å². The second-order valence-electron chi connectivity index (χ2n) is 7.30. The first kappa shape index (κ1) is 18.2. The predicted molar refractivity (Wildman–Crippen MR) is 95.9 cm³/mol. The number of nitrogens with zero attached hydrogens (tertiary/aromatic N) is 4. The van der Waals surface area contributed by atoms with Crippen molar-refractivity contribution in [2.24, 2.45) is 4.99 Å². The van der Waals surface area contributed by atoms with Gasteiger partial charge in [0.15, 0.2) is 5.54 Å². The number of halogens is 3. The molecular formula is C19H23F3N4O. The summed E-state index contributed by atoms with van der Waals surface area (Å²) in [5.41, 5.74) is -1.14. The number of fused-ring (bicyclic) bond motifs is 1. The van der Waals surface area contributed by atoms with E-state index >= 15 is 0 Å². The standard InChI is InChI=1S/C19H23F3N4O/c1-18(19(20,21)22)14-25-8-7-16(24-9-11-27-12-10-24)23-17(25)26(18)13-15-5-3-2-4-6-15/h2-7H,8-14H2,1H3/t18-/m0/s1. The predicted octanol–water partition coefficient (Wildman–Crippen LogP) is 2.67. The maximum absolute atomic E-state index is 14.0. The zero-order valence-corrected chi connectivity index (χ0v) is 15.2. The number of ether oxygens (including phenoxy) is 1.